The average Bonchev–Trinajstić information content (AvgIpc) is 2.04. The van der Waals surface area contributed by atoms with E-state index in [9.17, 15) is 10.1 Å². The maximum Gasteiger partial charge on any atom is 0.259 e. The first kappa shape index (κ1) is 10.2. The highest BCUT2D eigenvalue weighted by Crippen LogP contribution is 2.28. The smallest absolute Gasteiger partial charge is 0.259 e. The van der Waals surface area contributed by atoms with Crippen molar-refractivity contribution >= 4 is 38.5 Å². The molecule has 0 saturated heterocycles. The van der Waals surface area contributed by atoms with E-state index in [1.54, 1.807) is 12.2 Å². The third-order valence-electron chi connectivity index (χ3n) is 1.67. The summed E-state index contributed by atoms with van der Waals surface area (Å²) in [5.41, 5.74) is 0.294. The van der Waals surface area contributed by atoms with E-state index in [1.165, 1.54) is 0 Å². The van der Waals surface area contributed by atoms with Crippen molar-refractivity contribution in [3.05, 3.63) is 34.0 Å². The van der Waals surface area contributed by atoms with Crippen LogP contribution in [-0.4, -0.2) is 14.2 Å². The van der Waals surface area contributed by atoms with Crippen molar-refractivity contribution in [3.8, 4) is 0 Å². The van der Waals surface area contributed by atoms with Crippen LogP contribution in [0.4, 0.5) is 0 Å². The van der Waals surface area contributed by atoms with Gasteiger partial charge in [0.25, 0.3) is 5.70 Å². The number of nitro groups is 1. The van der Waals surface area contributed by atoms with Gasteiger partial charge in [-0.2, -0.15) is 0 Å². The number of rotatable bonds is 2. The maximum atomic E-state index is 10.5. The van der Waals surface area contributed by atoms with Crippen LogP contribution in [0, 0.1) is 16.0 Å². The fraction of sp³-hybridized carbons (Fsp3) is 0.429. The van der Waals surface area contributed by atoms with Crippen LogP contribution in [0.25, 0.3) is 0 Å². The summed E-state index contributed by atoms with van der Waals surface area (Å²) in [5, 5.41) is 11.3. The second-order valence-electron chi connectivity index (χ2n) is 2.45. The van der Waals surface area contributed by atoms with Crippen molar-refractivity contribution in [2.75, 3.05) is 5.33 Å². The fourth-order valence-electron chi connectivity index (χ4n) is 0.997. The first-order chi connectivity index (χ1) is 5.66. The lowest BCUT2D eigenvalue weighted by molar-refractivity contribution is -0.427. The Balaban J connectivity index is 2.83. The van der Waals surface area contributed by atoms with Crippen molar-refractivity contribution < 1.29 is 4.92 Å². The Hall–Kier alpha value is 0.0900. The summed E-state index contributed by atoms with van der Waals surface area (Å²) in [6, 6.07) is 0. The molecule has 66 valence electrons. The molecule has 12 heavy (non-hydrogen) atoms. The van der Waals surface area contributed by atoms with Gasteiger partial charge in [0.2, 0.25) is 0 Å². The maximum absolute atomic E-state index is 10.5. The Bertz CT molecular complexity index is 252. The van der Waals surface area contributed by atoms with Crippen molar-refractivity contribution in [1.82, 2.24) is 0 Å². The van der Waals surface area contributed by atoms with Gasteiger partial charge in [0.05, 0.1) is 4.92 Å². The molecule has 0 aromatic carbocycles. The number of hydrogen-bond acceptors (Lipinski definition) is 2. The lowest BCUT2D eigenvalue weighted by Gasteiger charge is -2.16. The standard InChI is InChI=1S/C7H7BrINO2/c8-4-5-2-1-3-6(7(5)9)10(11)12/h1-3,5,7H,4H2. The molecule has 0 saturated carbocycles. The Kier molecular flexibility index (Phi) is 3.70. The minimum Gasteiger partial charge on any atom is -0.259 e. The van der Waals surface area contributed by atoms with Gasteiger partial charge >= 0.3 is 0 Å². The second kappa shape index (κ2) is 4.36. The highest BCUT2D eigenvalue weighted by atomic mass is 127. The largest absolute Gasteiger partial charge is 0.259 e. The number of halogens is 2. The van der Waals surface area contributed by atoms with Crippen LogP contribution >= 0.6 is 38.5 Å². The molecular weight excluding hydrogens is 337 g/mol. The Morgan fingerprint density at radius 3 is 2.92 bits per heavy atom. The second-order valence-corrected chi connectivity index (χ2v) is 4.44. The highest BCUT2D eigenvalue weighted by Gasteiger charge is 2.29. The van der Waals surface area contributed by atoms with Crippen LogP contribution in [0.15, 0.2) is 23.9 Å². The lowest BCUT2D eigenvalue weighted by Crippen LogP contribution is -2.22. The zero-order valence-electron chi connectivity index (χ0n) is 6.11. The van der Waals surface area contributed by atoms with Crippen LogP contribution in [0.2, 0.25) is 0 Å². The molecule has 3 nitrogen and oxygen atoms in total. The molecule has 2 unspecified atom stereocenters. The molecule has 5 heteroatoms. The minimum absolute atomic E-state index is 0.0259. The summed E-state index contributed by atoms with van der Waals surface area (Å²) >= 11 is 5.43. The number of allylic oxidation sites excluding steroid dienone is 4. The molecule has 0 heterocycles. The van der Waals surface area contributed by atoms with E-state index in [0.717, 1.165) is 5.33 Å². The normalized spacial score (nSPS) is 28.3. The molecule has 0 bridgehead atoms. The van der Waals surface area contributed by atoms with Gasteiger partial charge in [0.15, 0.2) is 0 Å². The molecule has 0 amide bonds. The SMILES string of the molecule is O=[N+]([O-])C1=CC=CC(CBr)C1I. The third-order valence-corrected chi connectivity index (χ3v) is 3.98. The first-order valence-corrected chi connectivity index (χ1v) is 5.76. The molecule has 0 aromatic heterocycles. The highest BCUT2D eigenvalue weighted by molar-refractivity contribution is 14.1. The molecule has 0 aromatic rings. The van der Waals surface area contributed by atoms with Crippen molar-refractivity contribution in [2.45, 2.75) is 3.92 Å². The molecule has 0 fully saturated rings. The monoisotopic (exact) mass is 343 g/mol. The molecule has 1 aliphatic rings. The number of hydrogen-bond donors (Lipinski definition) is 0. The van der Waals surface area contributed by atoms with E-state index in [4.69, 9.17) is 0 Å². The fourth-order valence-corrected chi connectivity index (χ4v) is 3.21. The Morgan fingerprint density at radius 1 is 1.75 bits per heavy atom. The number of alkyl halides is 2. The van der Waals surface area contributed by atoms with E-state index in [1.807, 2.05) is 6.08 Å². The van der Waals surface area contributed by atoms with Crippen molar-refractivity contribution in [3.63, 3.8) is 0 Å². The quantitative estimate of drug-likeness (QED) is 0.334. The number of nitrogens with zero attached hydrogens (tertiary/aromatic N) is 1. The predicted octanol–water partition coefficient (Wildman–Crippen LogP) is 2.53. The van der Waals surface area contributed by atoms with E-state index >= 15 is 0 Å². The van der Waals surface area contributed by atoms with E-state index in [2.05, 4.69) is 38.5 Å². The summed E-state index contributed by atoms with van der Waals surface area (Å²) in [6.07, 6.45) is 5.30. The molecule has 0 aliphatic heterocycles. The van der Waals surface area contributed by atoms with Crippen LogP contribution in [0.5, 0.6) is 0 Å². The zero-order valence-corrected chi connectivity index (χ0v) is 9.86. The van der Waals surface area contributed by atoms with Crippen LogP contribution < -0.4 is 0 Å². The van der Waals surface area contributed by atoms with Crippen molar-refractivity contribution in [1.29, 1.82) is 0 Å². The minimum atomic E-state index is -0.309. The van der Waals surface area contributed by atoms with Gasteiger partial charge in [0, 0.05) is 17.3 Å². The summed E-state index contributed by atoms with van der Waals surface area (Å²) in [7, 11) is 0. The average molecular weight is 344 g/mol. The third kappa shape index (κ3) is 2.07. The van der Waals surface area contributed by atoms with Gasteiger partial charge in [-0.1, -0.05) is 50.7 Å². The van der Waals surface area contributed by atoms with E-state index in [-0.39, 0.29) is 14.8 Å². The molecule has 2 atom stereocenters. The summed E-state index contributed by atoms with van der Waals surface area (Å²) in [6.45, 7) is 0. The lowest BCUT2D eigenvalue weighted by atomic mass is 10.0. The van der Waals surface area contributed by atoms with Gasteiger partial charge in [-0.25, -0.2) is 0 Å². The summed E-state index contributed by atoms with van der Waals surface area (Å²) in [5.74, 6) is 0.232. The van der Waals surface area contributed by atoms with Gasteiger partial charge in [0.1, 0.15) is 3.92 Å². The van der Waals surface area contributed by atoms with Crippen molar-refractivity contribution in [2.24, 2.45) is 5.92 Å². The predicted molar refractivity (Wildman–Crippen MR) is 59.3 cm³/mol. The Morgan fingerprint density at radius 2 is 2.42 bits per heavy atom. The van der Waals surface area contributed by atoms with Gasteiger partial charge in [-0.15, -0.1) is 0 Å². The summed E-state index contributed by atoms with van der Waals surface area (Å²) < 4.78 is -0.0259. The Labute approximate surface area is 92.3 Å². The van der Waals surface area contributed by atoms with E-state index in [0.29, 0.717) is 5.70 Å². The molecule has 1 aliphatic carbocycles. The van der Waals surface area contributed by atoms with Crippen LogP contribution in [0.3, 0.4) is 0 Å². The zero-order chi connectivity index (χ0) is 9.14. The molecule has 1 rings (SSSR count). The molecular formula is C7H7BrINO2. The van der Waals surface area contributed by atoms with Crippen LogP contribution in [-0.2, 0) is 0 Å². The van der Waals surface area contributed by atoms with Gasteiger partial charge in [-0.3, -0.25) is 10.1 Å². The molecule has 0 N–H and O–H groups in total. The molecule has 0 spiro atoms. The first-order valence-electron chi connectivity index (χ1n) is 3.39. The molecule has 0 radical (unpaired) electrons. The van der Waals surface area contributed by atoms with Gasteiger partial charge < -0.3 is 0 Å². The summed E-state index contributed by atoms with van der Waals surface area (Å²) in [4.78, 5) is 10.2. The van der Waals surface area contributed by atoms with Crippen LogP contribution in [0.1, 0.15) is 0 Å². The topological polar surface area (TPSA) is 43.1 Å². The van der Waals surface area contributed by atoms with E-state index < -0.39 is 0 Å². The van der Waals surface area contributed by atoms with Gasteiger partial charge in [-0.05, 0) is 0 Å².